The first-order valence-electron chi connectivity index (χ1n) is 4.63. The van der Waals surface area contributed by atoms with Crippen molar-refractivity contribution >= 4 is 0 Å². The molecule has 0 saturated carbocycles. The van der Waals surface area contributed by atoms with E-state index in [2.05, 4.69) is 24.9 Å². The highest BCUT2D eigenvalue weighted by atomic mass is 14.6. The summed E-state index contributed by atoms with van der Waals surface area (Å²) in [5.41, 5.74) is 3.31. The largest absolute Gasteiger partial charge is 0.264 e. The quantitative estimate of drug-likeness (QED) is 0.570. The van der Waals surface area contributed by atoms with Gasteiger partial charge in [-0.3, -0.25) is 4.98 Å². The van der Waals surface area contributed by atoms with Gasteiger partial charge < -0.3 is 0 Å². The van der Waals surface area contributed by atoms with Gasteiger partial charge >= 0.3 is 0 Å². The highest BCUT2D eigenvalue weighted by molar-refractivity contribution is 5.32. The topological polar surface area (TPSA) is 12.9 Å². The third-order valence-electron chi connectivity index (χ3n) is 2.89. The van der Waals surface area contributed by atoms with Gasteiger partial charge in [-0.25, -0.2) is 0 Å². The summed E-state index contributed by atoms with van der Waals surface area (Å²) in [5, 5.41) is 0. The molecule has 0 saturated heterocycles. The van der Waals surface area contributed by atoms with Crippen LogP contribution in [-0.4, -0.2) is 4.98 Å². The molecule has 0 unspecified atom stereocenters. The second-order valence-electron chi connectivity index (χ2n) is 4.27. The molecule has 0 amide bonds. The molecule has 0 bridgehead atoms. The highest BCUT2D eigenvalue weighted by Crippen LogP contribution is 2.35. The van der Waals surface area contributed by atoms with Crippen LogP contribution in [0.3, 0.4) is 0 Å². The van der Waals surface area contributed by atoms with Crippen LogP contribution in [0.1, 0.15) is 37.8 Å². The first-order valence-corrected chi connectivity index (χ1v) is 4.63. The molecule has 1 aromatic rings. The third-order valence-corrected chi connectivity index (χ3v) is 2.89. The van der Waals surface area contributed by atoms with Crippen molar-refractivity contribution in [1.82, 2.24) is 4.98 Å². The molecule has 0 aliphatic heterocycles. The Bertz CT molecular complexity index is 289. The number of pyridine rings is 1. The van der Waals surface area contributed by atoms with Gasteiger partial charge in [-0.05, 0) is 41.9 Å². The van der Waals surface area contributed by atoms with Crippen molar-refractivity contribution in [3.8, 4) is 0 Å². The minimum absolute atomic E-state index is 0.349. The van der Waals surface area contributed by atoms with Crippen LogP contribution >= 0.6 is 0 Å². The van der Waals surface area contributed by atoms with Crippen molar-refractivity contribution in [2.24, 2.45) is 0 Å². The number of hydrogen-bond donors (Lipinski definition) is 0. The summed E-state index contributed by atoms with van der Waals surface area (Å²) in [7, 11) is 0. The Morgan fingerprint density at radius 2 is 2.25 bits per heavy atom. The lowest BCUT2D eigenvalue weighted by Gasteiger charge is -2.31. The lowest BCUT2D eigenvalue weighted by molar-refractivity contribution is 0.430. The van der Waals surface area contributed by atoms with Crippen LogP contribution in [0.25, 0.3) is 0 Å². The zero-order valence-corrected chi connectivity index (χ0v) is 7.80. The molecule has 12 heavy (non-hydrogen) atoms. The average molecular weight is 161 g/mol. The summed E-state index contributed by atoms with van der Waals surface area (Å²) in [6.45, 7) is 4.62. The fourth-order valence-corrected chi connectivity index (χ4v) is 2.11. The molecule has 1 aliphatic carbocycles. The Balaban J connectivity index is 2.52. The smallest absolute Gasteiger partial charge is 0.0308 e. The molecule has 1 aliphatic rings. The molecule has 2 rings (SSSR count). The molecule has 1 nitrogen and oxygen atoms in total. The van der Waals surface area contributed by atoms with Gasteiger partial charge in [0.1, 0.15) is 0 Å². The van der Waals surface area contributed by atoms with Gasteiger partial charge in [0.05, 0.1) is 0 Å². The summed E-state index contributed by atoms with van der Waals surface area (Å²) < 4.78 is 0. The molecule has 64 valence electrons. The first-order chi connectivity index (χ1) is 5.70. The molecule has 1 heteroatoms. The predicted molar refractivity (Wildman–Crippen MR) is 50.2 cm³/mol. The lowest BCUT2D eigenvalue weighted by Crippen LogP contribution is -2.23. The Morgan fingerprint density at radius 1 is 1.42 bits per heavy atom. The number of nitrogens with zero attached hydrogens (tertiary/aromatic N) is 1. The van der Waals surface area contributed by atoms with Crippen LogP contribution in [0, 0.1) is 0 Å². The number of rotatable bonds is 0. The molecular formula is C11H15N. The maximum atomic E-state index is 4.19. The van der Waals surface area contributed by atoms with Gasteiger partial charge in [-0.2, -0.15) is 0 Å². The highest BCUT2D eigenvalue weighted by Gasteiger charge is 2.26. The van der Waals surface area contributed by atoms with E-state index in [9.17, 15) is 0 Å². The monoisotopic (exact) mass is 161 g/mol. The van der Waals surface area contributed by atoms with E-state index in [1.807, 2.05) is 12.4 Å². The molecule has 0 radical (unpaired) electrons. The number of aromatic nitrogens is 1. The molecule has 0 fully saturated rings. The van der Waals surface area contributed by atoms with E-state index in [1.165, 1.54) is 30.4 Å². The number of fused-ring (bicyclic) bond motifs is 1. The van der Waals surface area contributed by atoms with Gasteiger partial charge in [0.2, 0.25) is 0 Å². The minimum atomic E-state index is 0.349. The maximum absolute atomic E-state index is 4.19. The summed E-state index contributed by atoms with van der Waals surface area (Å²) in [6, 6.07) is 2.16. The SMILES string of the molecule is CC1(C)CCCc2ccncc21. The second-order valence-corrected chi connectivity index (χ2v) is 4.27. The Morgan fingerprint density at radius 3 is 3.00 bits per heavy atom. The van der Waals surface area contributed by atoms with E-state index in [1.54, 1.807) is 0 Å². The van der Waals surface area contributed by atoms with Crippen molar-refractivity contribution in [2.45, 2.75) is 38.5 Å². The minimum Gasteiger partial charge on any atom is -0.264 e. The van der Waals surface area contributed by atoms with E-state index >= 15 is 0 Å². The van der Waals surface area contributed by atoms with Crippen LogP contribution < -0.4 is 0 Å². The molecule has 0 N–H and O–H groups in total. The lowest BCUT2D eigenvalue weighted by atomic mass is 9.74. The van der Waals surface area contributed by atoms with E-state index < -0.39 is 0 Å². The zero-order valence-electron chi connectivity index (χ0n) is 7.80. The van der Waals surface area contributed by atoms with Gasteiger partial charge in [-0.1, -0.05) is 13.8 Å². The van der Waals surface area contributed by atoms with Gasteiger partial charge in [0.25, 0.3) is 0 Å². The fraction of sp³-hybridized carbons (Fsp3) is 0.545. The molecule has 0 atom stereocenters. The molecule has 1 heterocycles. The van der Waals surface area contributed by atoms with Gasteiger partial charge in [0.15, 0.2) is 0 Å². The Hall–Kier alpha value is -0.850. The molecule has 0 spiro atoms. The molecule has 0 aromatic carbocycles. The van der Waals surface area contributed by atoms with Gasteiger partial charge in [0, 0.05) is 12.4 Å². The third kappa shape index (κ3) is 1.13. The Kier molecular flexibility index (Phi) is 1.67. The fourth-order valence-electron chi connectivity index (χ4n) is 2.11. The second kappa shape index (κ2) is 2.58. The Labute approximate surface area is 73.8 Å². The number of hydrogen-bond acceptors (Lipinski definition) is 1. The van der Waals surface area contributed by atoms with Crippen LogP contribution in [0.15, 0.2) is 18.5 Å². The zero-order chi connectivity index (χ0) is 8.60. The van der Waals surface area contributed by atoms with Crippen LogP contribution in [0.2, 0.25) is 0 Å². The normalized spacial score (nSPS) is 20.2. The van der Waals surface area contributed by atoms with Crippen molar-refractivity contribution in [3.05, 3.63) is 29.6 Å². The van der Waals surface area contributed by atoms with Crippen molar-refractivity contribution in [1.29, 1.82) is 0 Å². The molecule has 1 aromatic heterocycles. The first kappa shape index (κ1) is 7.78. The summed E-state index contributed by atoms with van der Waals surface area (Å²) in [4.78, 5) is 4.19. The van der Waals surface area contributed by atoms with Gasteiger partial charge in [-0.15, -0.1) is 0 Å². The van der Waals surface area contributed by atoms with Crippen molar-refractivity contribution in [2.75, 3.05) is 0 Å². The van der Waals surface area contributed by atoms with Crippen molar-refractivity contribution < 1.29 is 0 Å². The van der Waals surface area contributed by atoms with E-state index in [-0.39, 0.29) is 0 Å². The van der Waals surface area contributed by atoms with E-state index in [0.717, 1.165) is 0 Å². The van der Waals surface area contributed by atoms with E-state index in [4.69, 9.17) is 0 Å². The summed E-state index contributed by atoms with van der Waals surface area (Å²) >= 11 is 0. The predicted octanol–water partition coefficient (Wildman–Crippen LogP) is 2.70. The van der Waals surface area contributed by atoms with Crippen LogP contribution in [-0.2, 0) is 11.8 Å². The summed E-state index contributed by atoms with van der Waals surface area (Å²) in [5.74, 6) is 0. The van der Waals surface area contributed by atoms with Crippen LogP contribution in [0.4, 0.5) is 0 Å². The number of aryl methyl sites for hydroxylation is 1. The summed E-state index contributed by atoms with van der Waals surface area (Å²) in [6.07, 6.45) is 7.80. The van der Waals surface area contributed by atoms with E-state index in [0.29, 0.717) is 5.41 Å². The molecular weight excluding hydrogens is 146 g/mol. The van der Waals surface area contributed by atoms with Crippen molar-refractivity contribution in [3.63, 3.8) is 0 Å². The maximum Gasteiger partial charge on any atom is 0.0308 e. The standard InChI is InChI=1S/C11H15N/c1-11(2)6-3-4-9-5-7-12-8-10(9)11/h5,7-8H,3-4,6H2,1-2H3. The van der Waals surface area contributed by atoms with Crippen LogP contribution in [0.5, 0.6) is 0 Å². The average Bonchev–Trinajstić information content (AvgIpc) is 2.04.